The summed E-state index contributed by atoms with van der Waals surface area (Å²) in [5, 5.41) is 13.0. The lowest BCUT2D eigenvalue weighted by Crippen LogP contribution is -2.46. The molecule has 1 unspecified atom stereocenters. The van der Waals surface area contributed by atoms with Crippen molar-refractivity contribution in [2.45, 2.75) is 45.0 Å². The predicted octanol–water partition coefficient (Wildman–Crippen LogP) is 3.91. The van der Waals surface area contributed by atoms with Crippen LogP contribution in [0.25, 0.3) is 11.3 Å². The molecule has 0 bridgehead atoms. The summed E-state index contributed by atoms with van der Waals surface area (Å²) in [4.78, 5) is 12.6. The number of nitrogens with one attached hydrogen (secondary N) is 1. The first-order chi connectivity index (χ1) is 18.3. The van der Waals surface area contributed by atoms with E-state index in [9.17, 15) is 9.50 Å². The summed E-state index contributed by atoms with van der Waals surface area (Å²) in [7, 11) is 0. The number of nitrogens with zero attached hydrogens (tertiary/aromatic N) is 4. The molecule has 2 saturated heterocycles. The molecule has 4 N–H and O–H groups in total. The maximum atomic E-state index is 15.1. The van der Waals surface area contributed by atoms with Gasteiger partial charge in [-0.25, -0.2) is 18.2 Å². The van der Waals surface area contributed by atoms with Crippen molar-refractivity contribution < 1.29 is 18.3 Å². The lowest BCUT2D eigenvalue weighted by atomic mass is 9.96. The molecule has 0 spiro atoms. The first kappa shape index (κ1) is 26.4. The van der Waals surface area contributed by atoms with E-state index < -0.39 is 29.1 Å². The highest BCUT2D eigenvalue weighted by atomic mass is 19.1. The fourth-order valence-corrected chi connectivity index (χ4v) is 5.49. The van der Waals surface area contributed by atoms with Crippen molar-refractivity contribution >= 4 is 11.4 Å². The Hall–Kier alpha value is -3.21. The quantitative estimate of drug-likeness (QED) is 0.430. The zero-order chi connectivity index (χ0) is 26.8. The Morgan fingerprint density at radius 1 is 1.08 bits per heavy atom. The third-order valence-corrected chi connectivity index (χ3v) is 7.19. The minimum Gasteiger partial charge on any atom is -0.392 e. The van der Waals surface area contributed by atoms with Crippen LogP contribution in [-0.2, 0) is 13.1 Å². The molecule has 0 radical (unpaired) electrons. The first-order valence-electron chi connectivity index (χ1n) is 13.0. The first-order valence-corrected chi connectivity index (χ1v) is 13.0. The summed E-state index contributed by atoms with van der Waals surface area (Å²) in [6.07, 6.45) is 4.61. The van der Waals surface area contributed by atoms with E-state index in [1.807, 2.05) is 11.0 Å². The fourth-order valence-electron chi connectivity index (χ4n) is 5.49. The Balaban J connectivity index is 1.34. The van der Waals surface area contributed by atoms with Crippen LogP contribution in [0.1, 0.15) is 31.0 Å². The number of pyridine rings is 2. The molecule has 10 heteroatoms. The highest BCUT2D eigenvalue weighted by molar-refractivity contribution is 5.69. The van der Waals surface area contributed by atoms with E-state index in [4.69, 9.17) is 5.73 Å². The van der Waals surface area contributed by atoms with E-state index in [0.29, 0.717) is 43.2 Å². The maximum absolute atomic E-state index is 15.1. The van der Waals surface area contributed by atoms with E-state index in [0.717, 1.165) is 30.9 Å². The van der Waals surface area contributed by atoms with Gasteiger partial charge in [0.25, 0.3) is 0 Å². The minimum absolute atomic E-state index is 0.0826. The number of nitrogens with two attached hydrogens (primary N) is 1. The van der Waals surface area contributed by atoms with Crippen molar-refractivity contribution in [2.75, 3.05) is 36.4 Å². The molecule has 38 heavy (non-hydrogen) atoms. The molecule has 3 atom stereocenters. The third-order valence-electron chi connectivity index (χ3n) is 7.19. The molecule has 4 heterocycles. The molecule has 7 nitrogen and oxygen atoms in total. The number of aromatic nitrogens is 2. The Morgan fingerprint density at radius 2 is 1.87 bits per heavy atom. The number of likely N-dealkylation sites (tertiary alicyclic amines) is 1. The molecule has 202 valence electrons. The van der Waals surface area contributed by atoms with Crippen LogP contribution >= 0.6 is 0 Å². The lowest BCUT2D eigenvalue weighted by molar-refractivity contribution is 0.174. The number of aliphatic hydroxyl groups excluding tert-OH is 1. The van der Waals surface area contributed by atoms with Gasteiger partial charge in [0.1, 0.15) is 23.1 Å². The van der Waals surface area contributed by atoms with E-state index in [1.165, 1.54) is 24.3 Å². The van der Waals surface area contributed by atoms with Gasteiger partial charge < -0.3 is 21.1 Å². The van der Waals surface area contributed by atoms with Gasteiger partial charge in [-0.3, -0.25) is 9.88 Å². The van der Waals surface area contributed by atoms with Gasteiger partial charge in [-0.05, 0) is 54.7 Å². The van der Waals surface area contributed by atoms with Crippen LogP contribution in [0.3, 0.4) is 0 Å². The second kappa shape index (κ2) is 11.3. The normalized spacial score (nSPS) is 22.2. The van der Waals surface area contributed by atoms with Crippen molar-refractivity contribution in [3.63, 3.8) is 0 Å². The van der Waals surface area contributed by atoms with Gasteiger partial charge in [-0.1, -0.05) is 6.92 Å². The molecule has 0 saturated carbocycles. The highest BCUT2D eigenvalue weighted by Gasteiger charge is 2.25. The molecule has 0 amide bonds. The smallest absolute Gasteiger partial charge is 0.149 e. The van der Waals surface area contributed by atoms with Crippen molar-refractivity contribution in [3.05, 3.63) is 71.4 Å². The molecular weight excluding hydrogens is 493 g/mol. The van der Waals surface area contributed by atoms with Crippen LogP contribution in [0.2, 0.25) is 0 Å². The van der Waals surface area contributed by atoms with E-state index in [-0.39, 0.29) is 18.3 Å². The Kier molecular flexibility index (Phi) is 7.83. The number of anilines is 2. The summed E-state index contributed by atoms with van der Waals surface area (Å²) in [5.41, 5.74) is 7.96. The average molecular weight is 527 g/mol. The van der Waals surface area contributed by atoms with Crippen LogP contribution in [0.4, 0.5) is 24.5 Å². The third kappa shape index (κ3) is 5.92. The van der Waals surface area contributed by atoms with Gasteiger partial charge in [0.2, 0.25) is 0 Å². The summed E-state index contributed by atoms with van der Waals surface area (Å²) in [6.45, 7) is 5.40. The molecule has 2 aliphatic rings. The number of halogens is 3. The van der Waals surface area contributed by atoms with Gasteiger partial charge in [-0.2, -0.15) is 0 Å². The van der Waals surface area contributed by atoms with Crippen LogP contribution < -0.4 is 16.0 Å². The van der Waals surface area contributed by atoms with Crippen molar-refractivity contribution in [2.24, 2.45) is 11.7 Å². The van der Waals surface area contributed by atoms with Crippen molar-refractivity contribution in [3.8, 4) is 11.3 Å². The largest absolute Gasteiger partial charge is 0.392 e. The van der Waals surface area contributed by atoms with Gasteiger partial charge in [0.05, 0.1) is 41.5 Å². The predicted molar refractivity (Wildman–Crippen MR) is 141 cm³/mol. The van der Waals surface area contributed by atoms with Crippen molar-refractivity contribution in [1.29, 1.82) is 0 Å². The monoisotopic (exact) mass is 526 g/mol. The van der Waals surface area contributed by atoms with Crippen LogP contribution in [0.15, 0.2) is 42.7 Å². The zero-order valence-electron chi connectivity index (χ0n) is 21.4. The number of benzene rings is 1. The van der Waals surface area contributed by atoms with Crippen LogP contribution in [0, 0.1) is 23.4 Å². The standard InChI is InChI=1S/C28H33F3N6O/c1-17-8-19(32)15-37(13-17)26-4-6-33-12-25(26)34-11-20-2-3-22(29)28(35-20)27-23(30)9-18(10-24(27)31)14-36-7-5-21(38)16-36/h2-4,6,9-10,12,17,19,21,34,38H,5,7-8,11,13-16,32H2,1H3/t17-,19+,21?/m1/s1. The summed E-state index contributed by atoms with van der Waals surface area (Å²) >= 11 is 0. The topological polar surface area (TPSA) is 90.5 Å². The number of β-amino-alcohol motifs (C(OH)–C–C–N with tert-alkyl or cyclic N) is 1. The second-order valence-electron chi connectivity index (χ2n) is 10.5. The molecule has 2 aliphatic heterocycles. The zero-order valence-corrected chi connectivity index (χ0v) is 21.4. The summed E-state index contributed by atoms with van der Waals surface area (Å²) in [6, 6.07) is 7.09. The van der Waals surface area contributed by atoms with Gasteiger partial charge in [-0.15, -0.1) is 0 Å². The number of hydrogen-bond donors (Lipinski definition) is 3. The Labute approximate surface area is 220 Å². The van der Waals surface area contributed by atoms with Crippen LogP contribution in [0.5, 0.6) is 0 Å². The molecule has 2 fully saturated rings. The molecule has 5 rings (SSSR count). The van der Waals surface area contributed by atoms with Gasteiger partial charge >= 0.3 is 0 Å². The number of aliphatic hydroxyl groups is 1. The Bertz CT molecular complexity index is 1260. The van der Waals surface area contributed by atoms with Crippen LogP contribution in [-0.4, -0.2) is 58.3 Å². The minimum atomic E-state index is -0.874. The lowest BCUT2D eigenvalue weighted by Gasteiger charge is -2.37. The average Bonchev–Trinajstić information content (AvgIpc) is 3.27. The molecule has 0 aliphatic carbocycles. The van der Waals surface area contributed by atoms with Gasteiger partial charge in [0.15, 0.2) is 0 Å². The Morgan fingerprint density at radius 3 is 2.58 bits per heavy atom. The molecule has 1 aromatic carbocycles. The summed E-state index contributed by atoms with van der Waals surface area (Å²) < 4.78 is 44.9. The fraction of sp³-hybridized carbons (Fsp3) is 0.429. The summed E-state index contributed by atoms with van der Waals surface area (Å²) in [5.74, 6) is -2.10. The van der Waals surface area contributed by atoms with Gasteiger partial charge in [0, 0.05) is 45.0 Å². The van der Waals surface area contributed by atoms with E-state index >= 15 is 8.78 Å². The number of hydrogen-bond acceptors (Lipinski definition) is 7. The second-order valence-corrected chi connectivity index (χ2v) is 10.5. The van der Waals surface area contributed by atoms with E-state index in [1.54, 1.807) is 12.4 Å². The van der Waals surface area contributed by atoms with E-state index in [2.05, 4.69) is 27.1 Å². The molecule has 2 aromatic heterocycles. The maximum Gasteiger partial charge on any atom is 0.149 e. The van der Waals surface area contributed by atoms with Crippen molar-refractivity contribution in [1.82, 2.24) is 14.9 Å². The molecular formula is C28H33F3N6O. The highest BCUT2D eigenvalue weighted by Crippen LogP contribution is 2.31. The SMILES string of the molecule is C[C@@H]1C[C@H](N)CN(c2ccncc2NCc2ccc(F)c(-c3c(F)cc(CN4CCC(O)C4)cc3F)n2)C1. The molecule has 3 aromatic rings. The number of piperidine rings is 1. The number of rotatable bonds is 7.